The van der Waals surface area contributed by atoms with Gasteiger partial charge in [-0.3, -0.25) is 0 Å². The molecule has 4 heteroatoms. The third-order valence-corrected chi connectivity index (χ3v) is 15.5. The summed E-state index contributed by atoms with van der Waals surface area (Å²) in [6.45, 7) is 26.6. The number of hydrogen-bond donors (Lipinski definition) is 0. The molecular formula is C48H56Br2P2. The van der Waals surface area contributed by atoms with Crippen molar-refractivity contribution >= 4 is 81.6 Å². The molecule has 6 rings (SSSR count). The fourth-order valence-corrected chi connectivity index (χ4v) is 12.5. The zero-order valence-electron chi connectivity index (χ0n) is 33.1. The quantitative estimate of drug-likeness (QED) is 0.146. The van der Waals surface area contributed by atoms with E-state index in [1.54, 1.807) is 0 Å². The molecule has 0 fully saturated rings. The summed E-state index contributed by atoms with van der Waals surface area (Å²) in [5.74, 6) is 0. The number of hydrogen-bond acceptors (Lipinski definition) is 0. The molecule has 52 heavy (non-hydrogen) atoms. The van der Waals surface area contributed by atoms with Crippen molar-refractivity contribution in [2.75, 3.05) is 0 Å². The van der Waals surface area contributed by atoms with Crippen LogP contribution in [0.4, 0.5) is 0 Å². The zero-order chi connectivity index (χ0) is 36.3. The SMILES string of the molecule is Br.Br.Cc1ccc(P(c2ccc(C)cc2C)c2ccc(C)cc2C)c(C)c1.Cc1ccc(P(c2ccc(C)cc2C)c2ccc(C)cc2C)c(C)c1. The van der Waals surface area contributed by atoms with Gasteiger partial charge in [-0.25, -0.2) is 0 Å². The lowest BCUT2D eigenvalue weighted by Crippen LogP contribution is -2.25. The number of aryl methyl sites for hydroxylation is 12. The minimum absolute atomic E-state index is 0. The Labute approximate surface area is 338 Å². The molecule has 0 aliphatic carbocycles. The van der Waals surface area contributed by atoms with Crippen LogP contribution in [-0.4, -0.2) is 0 Å². The Morgan fingerprint density at radius 2 is 0.365 bits per heavy atom. The monoisotopic (exact) mass is 852 g/mol. The molecule has 0 aliphatic heterocycles. The van der Waals surface area contributed by atoms with Gasteiger partial charge in [-0.1, -0.05) is 143 Å². The van der Waals surface area contributed by atoms with Crippen LogP contribution < -0.4 is 31.8 Å². The van der Waals surface area contributed by atoms with Gasteiger partial charge in [0.15, 0.2) is 0 Å². The molecule has 0 atom stereocenters. The van der Waals surface area contributed by atoms with Gasteiger partial charge in [0, 0.05) is 0 Å². The van der Waals surface area contributed by atoms with Crippen molar-refractivity contribution in [3.63, 3.8) is 0 Å². The van der Waals surface area contributed by atoms with Crippen LogP contribution in [0.5, 0.6) is 0 Å². The molecule has 272 valence electrons. The van der Waals surface area contributed by atoms with Gasteiger partial charge in [-0.2, -0.15) is 0 Å². The highest BCUT2D eigenvalue weighted by Crippen LogP contribution is 2.38. The summed E-state index contributed by atoms with van der Waals surface area (Å²) in [5, 5.41) is 8.83. The summed E-state index contributed by atoms with van der Waals surface area (Å²) >= 11 is 0. The first-order valence-electron chi connectivity index (χ1n) is 17.8. The van der Waals surface area contributed by atoms with Crippen LogP contribution in [0.2, 0.25) is 0 Å². The van der Waals surface area contributed by atoms with Crippen molar-refractivity contribution in [1.82, 2.24) is 0 Å². The van der Waals surface area contributed by atoms with E-state index in [1.807, 2.05) is 0 Å². The van der Waals surface area contributed by atoms with Gasteiger partial charge in [0.1, 0.15) is 0 Å². The minimum Gasteiger partial charge on any atom is -0.114 e. The lowest BCUT2D eigenvalue weighted by molar-refractivity contribution is 1.40. The molecule has 0 bridgehead atoms. The van der Waals surface area contributed by atoms with Gasteiger partial charge in [-0.15, -0.1) is 34.0 Å². The van der Waals surface area contributed by atoms with Crippen molar-refractivity contribution < 1.29 is 0 Å². The molecule has 6 aromatic rings. The van der Waals surface area contributed by atoms with E-state index < -0.39 is 15.8 Å². The lowest BCUT2D eigenvalue weighted by Gasteiger charge is -2.25. The Hall–Kier alpha value is -2.86. The number of rotatable bonds is 6. The number of halogens is 2. The van der Waals surface area contributed by atoms with E-state index >= 15 is 0 Å². The second kappa shape index (κ2) is 18.9. The van der Waals surface area contributed by atoms with Gasteiger partial charge < -0.3 is 0 Å². The minimum atomic E-state index is -0.546. The van der Waals surface area contributed by atoms with Gasteiger partial charge >= 0.3 is 0 Å². The summed E-state index contributed by atoms with van der Waals surface area (Å²) in [6, 6.07) is 41.5. The van der Waals surface area contributed by atoms with Crippen LogP contribution in [0.25, 0.3) is 0 Å². The molecule has 0 aromatic heterocycles. The molecule has 0 nitrogen and oxygen atoms in total. The first-order chi connectivity index (χ1) is 23.7. The van der Waals surface area contributed by atoms with Crippen LogP contribution in [0.3, 0.4) is 0 Å². The zero-order valence-corrected chi connectivity index (χ0v) is 38.3. The summed E-state index contributed by atoms with van der Waals surface area (Å²) in [7, 11) is -1.09. The van der Waals surface area contributed by atoms with Crippen molar-refractivity contribution in [3.8, 4) is 0 Å². The van der Waals surface area contributed by atoms with Crippen molar-refractivity contribution in [1.29, 1.82) is 0 Å². The Morgan fingerprint density at radius 1 is 0.231 bits per heavy atom. The maximum absolute atomic E-state index is 2.34. The Balaban J connectivity index is 0.000000270. The summed E-state index contributed by atoms with van der Waals surface area (Å²) in [6.07, 6.45) is 0. The fraction of sp³-hybridized carbons (Fsp3) is 0.250. The molecule has 0 saturated carbocycles. The highest BCUT2D eigenvalue weighted by molar-refractivity contribution is 8.93. The smallest absolute Gasteiger partial charge is 0.0122 e. The van der Waals surface area contributed by atoms with E-state index in [2.05, 4.69) is 192 Å². The summed E-state index contributed by atoms with van der Waals surface area (Å²) < 4.78 is 0. The molecule has 0 N–H and O–H groups in total. The average molecular weight is 855 g/mol. The van der Waals surface area contributed by atoms with Crippen molar-refractivity contribution in [2.45, 2.75) is 83.1 Å². The van der Waals surface area contributed by atoms with Gasteiger partial charge in [0.05, 0.1) is 0 Å². The van der Waals surface area contributed by atoms with Crippen LogP contribution >= 0.6 is 49.8 Å². The van der Waals surface area contributed by atoms with Crippen LogP contribution in [0, 0.1) is 83.1 Å². The molecule has 0 spiro atoms. The molecule has 0 unspecified atom stereocenters. The first-order valence-corrected chi connectivity index (χ1v) is 20.5. The average Bonchev–Trinajstić information content (AvgIpc) is 3.03. The maximum atomic E-state index is 2.34. The Morgan fingerprint density at radius 3 is 0.481 bits per heavy atom. The summed E-state index contributed by atoms with van der Waals surface area (Å²) in [5.41, 5.74) is 16.4. The molecule has 0 aliphatic rings. The third-order valence-electron chi connectivity index (χ3n) is 9.56. The summed E-state index contributed by atoms with van der Waals surface area (Å²) in [4.78, 5) is 0. The van der Waals surface area contributed by atoms with Crippen LogP contribution in [0.1, 0.15) is 66.8 Å². The van der Waals surface area contributed by atoms with Gasteiger partial charge in [0.2, 0.25) is 0 Å². The number of benzene rings is 6. The second-order valence-corrected chi connectivity index (χ2v) is 18.6. The molecule has 6 aromatic carbocycles. The third kappa shape index (κ3) is 10.2. The fourth-order valence-electron chi connectivity index (χ4n) is 7.12. The highest BCUT2D eigenvalue weighted by atomic mass is 79.9. The van der Waals surface area contributed by atoms with Crippen LogP contribution in [-0.2, 0) is 0 Å². The molecule has 0 radical (unpaired) electrons. The van der Waals surface area contributed by atoms with Crippen molar-refractivity contribution in [3.05, 3.63) is 176 Å². The largest absolute Gasteiger partial charge is 0.114 e. The predicted octanol–water partition coefficient (Wildman–Crippen LogP) is 11.7. The second-order valence-electron chi connectivity index (χ2n) is 14.4. The Bertz CT molecular complexity index is 1760. The van der Waals surface area contributed by atoms with Crippen molar-refractivity contribution in [2.24, 2.45) is 0 Å². The van der Waals surface area contributed by atoms with E-state index in [-0.39, 0.29) is 34.0 Å². The van der Waals surface area contributed by atoms with E-state index in [4.69, 9.17) is 0 Å². The molecular weight excluding hydrogens is 798 g/mol. The molecule has 0 heterocycles. The molecule has 0 saturated heterocycles. The van der Waals surface area contributed by atoms with Crippen LogP contribution in [0.15, 0.2) is 109 Å². The molecule has 0 amide bonds. The topological polar surface area (TPSA) is 0 Å². The van der Waals surface area contributed by atoms with E-state index in [1.165, 1.54) is 98.6 Å². The van der Waals surface area contributed by atoms with E-state index in [0.29, 0.717) is 0 Å². The van der Waals surface area contributed by atoms with E-state index in [0.717, 1.165) is 0 Å². The van der Waals surface area contributed by atoms with E-state index in [9.17, 15) is 0 Å². The maximum Gasteiger partial charge on any atom is -0.0122 e. The predicted molar refractivity (Wildman–Crippen MR) is 248 cm³/mol. The first kappa shape index (κ1) is 43.5. The van der Waals surface area contributed by atoms with Gasteiger partial charge in [0.25, 0.3) is 0 Å². The van der Waals surface area contributed by atoms with Gasteiger partial charge in [-0.05, 0) is 164 Å². The Kier molecular flexibility index (Phi) is 15.9. The highest BCUT2D eigenvalue weighted by Gasteiger charge is 2.23. The normalized spacial score (nSPS) is 10.7. The standard InChI is InChI=1S/2C24H27P.2BrH/c2*1-16-7-10-22(19(4)13-16)25(23-11-8-17(2)14-20(23)5)24-12-9-18(3)15-21(24)6;;/h2*7-15H,1-6H3;2*1H. The lowest BCUT2D eigenvalue weighted by atomic mass is 10.1.